The van der Waals surface area contributed by atoms with Gasteiger partial charge < -0.3 is 10.4 Å². The van der Waals surface area contributed by atoms with E-state index in [-0.39, 0.29) is 11.8 Å². The third-order valence-corrected chi connectivity index (χ3v) is 4.04. The van der Waals surface area contributed by atoms with Crippen molar-refractivity contribution in [2.45, 2.75) is 24.8 Å². The van der Waals surface area contributed by atoms with Crippen LogP contribution in [0.2, 0.25) is 0 Å². The molecule has 0 saturated carbocycles. The molecule has 1 aromatic rings. The van der Waals surface area contributed by atoms with Crippen molar-refractivity contribution in [3.8, 4) is 0 Å². The number of thioether (sulfide) groups is 1. The number of rotatable bonds is 6. The molecule has 1 aliphatic carbocycles. The average molecular weight is 279 g/mol. The molecule has 0 bridgehead atoms. The standard InChI is InChI=1S/C14H17NO3S/c1-19-7-6-12(14(17)18)15-13(16)11-8-9-4-2-3-5-10(9)11/h2-5,11-12H,6-8H2,1H3,(H,15,16)(H,17,18)/t11?,12-/m1/s1. The van der Waals surface area contributed by atoms with Crippen LogP contribution in [-0.2, 0) is 16.0 Å². The van der Waals surface area contributed by atoms with Crippen LogP contribution in [0.1, 0.15) is 23.5 Å². The number of benzene rings is 1. The molecule has 0 radical (unpaired) electrons. The lowest BCUT2D eigenvalue weighted by Gasteiger charge is -2.30. The van der Waals surface area contributed by atoms with Gasteiger partial charge in [0.2, 0.25) is 5.91 Å². The summed E-state index contributed by atoms with van der Waals surface area (Å²) in [6.45, 7) is 0. The van der Waals surface area contributed by atoms with Gasteiger partial charge in [0.15, 0.2) is 0 Å². The van der Waals surface area contributed by atoms with Crippen molar-refractivity contribution in [1.82, 2.24) is 5.32 Å². The summed E-state index contributed by atoms with van der Waals surface area (Å²) >= 11 is 1.58. The van der Waals surface area contributed by atoms with Crippen molar-refractivity contribution >= 4 is 23.6 Å². The molecule has 0 fully saturated rings. The molecule has 1 unspecified atom stereocenters. The van der Waals surface area contributed by atoms with Crippen LogP contribution in [0.15, 0.2) is 24.3 Å². The number of fused-ring (bicyclic) bond motifs is 1. The first-order valence-corrected chi connectivity index (χ1v) is 7.62. The van der Waals surface area contributed by atoms with E-state index in [1.165, 1.54) is 5.56 Å². The van der Waals surface area contributed by atoms with Gasteiger partial charge in [0.25, 0.3) is 0 Å². The number of amides is 1. The SMILES string of the molecule is CSCC[C@@H](NC(=O)C1Cc2ccccc21)C(=O)O. The Balaban J connectivity index is 1.96. The summed E-state index contributed by atoms with van der Waals surface area (Å²) in [7, 11) is 0. The van der Waals surface area contributed by atoms with Gasteiger partial charge in [-0.1, -0.05) is 24.3 Å². The van der Waals surface area contributed by atoms with Crippen LogP contribution in [0.25, 0.3) is 0 Å². The van der Waals surface area contributed by atoms with E-state index in [0.717, 1.165) is 11.3 Å². The van der Waals surface area contributed by atoms with E-state index in [1.807, 2.05) is 30.5 Å². The first-order chi connectivity index (χ1) is 9.13. The molecular weight excluding hydrogens is 262 g/mol. The Hall–Kier alpha value is -1.49. The third-order valence-electron chi connectivity index (χ3n) is 3.40. The summed E-state index contributed by atoms with van der Waals surface area (Å²) in [6.07, 6.45) is 3.08. The quantitative estimate of drug-likeness (QED) is 0.831. The first-order valence-electron chi connectivity index (χ1n) is 6.23. The molecular formula is C14H17NO3S. The van der Waals surface area contributed by atoms with E-state index in [4.69, 9.17) is 5.11 Å². The first kappa shape index (κ1) is 13.9. The summed E-state index contributed by atoms with van der Waals surface area (Å²) in [5.41, 5.74) is 2.20. The average Bonchev–Trinajstić information content (AvgIpc) is 2.35. The minimum absolute atomic E-state index is 0.174. The molecule has 19 heavy (non-hydrogen) atoms. The number of nitrogens with one attached hydrogen (secondary N) is 1. The van der Waals surface area contributed by atoms with Crippen LogP contribution in [0, 0.1) is 0 Å². The number of hydrogen-bond donors (Lipinski definition) is 2. The van der Waals surface area contributed by atoms with Crippen LogP contribution in [-0.4, -0.2) is 35.0 Å². The topological polar surface area (TPSA) is 66.4 Å². The Bertz CT molecular complexity index is 489. The number of aliphatic carboxylic acids is 1. The van der Waals surface area contributed by atoms with E-state index in [0.29, 0.717) is 12.8 Å². The number of carbonyl (C=O) groups excluding carboxylic acids is 1. The van der Waals surface area contributed by atoms with Crippen LogP contribution in [0.4, 0.5) is 0 Å². The largest absolute Gasteiger partial charge is 0.480 e. The van der Waals surface area contributed by atoms with Gasteiger partial charge in [-0.15, -0.1) is 0 Å². The van der Waals surface area contributed by atoms with Gasteiger partial charge in [0, 0.05) is 0 Å². The second-order valence-electron chi connectivity index (χ2n) is 4.64. The number of hydrogen-bond acceptors (Lipinski definition) is 3. The molecule has 0 aliphatic heterocycles. The smallest absolute Gasteiger partial charge is 0.326 e. The predicted octanol–water partition coefficient (Wildman–Crippen LogP) is 1.65. The lowest BCUT2D eigenvalue weighted by molar-refractivity contribution is -0.142. The molecule has 2 N–H and O–H groups in total. The fourth-order valence-corrected chi connectivity index (χ4v) is 2.73. The van der Waals surface area contributed by atoms with E-state index in [9.17, 15) is 9.59 Å². The normalized spacial score (nSPS) is 18.1. The maximum atomic E-state index is 12.1. The molecule has 1 aromatic carbocycles. The zero-order valence-corrected chi connectivity index (χ0v) is 11.6. The van der Waals surface area contributed by atoms with Gasteiger partial charge in [-0.2, -0.15) is 11.8 Å². The Morgan fingerprint density at radius 3 is 2.84 bits per heavy atom. The van der Waals surface area contributed by atoms with E-state index in [2.05, 4.69) is 5.32 Å². The molecule has 1 aliphatic rings. The highest BCUT2D eigenvalue weighted by Crippen LogP contribution is 2.34. The Morgan fingerprint density at radius 2 is 2.21 bits per heavy atom. The van der Waals surface area contributed by atoms with Gasteiger partial charge in [0.1, 0.15) is 6.04 Å². The summed E-state index contributed by atoms with van der Waals surface area (Å²) in [6, 6.07) is 7.00. The zero-order chi connectivity index (χ0) is 13.8. The molecule has 0 spiro atoms. The van der Waals surface area contributed by atoms with Crippen molar-refractivity contribution in [3.63, 3.8) is 0 Å². The van der Waals surface area contributed by atoms with E-state index >= 15 is 0 Å². The van der Waals surface area contributed by atoms with Crippen LogP contribution in [0.5, 0.6) is 0 Å². The zero-order valence-electron chi connectivity index (χ0n) is 10.8. The Kier molecular flexibility index (Phi) is 4.47. The fourth-order valence-electron chi connectivity index (χ4n) is 2.26. The van der Waals surface area contributed by atoms with Gasteiger partial charge in [-0.05, 0) is 36.0 Å². The highest BCUT2D eigenvalue weighted by molar-refractivity contribution is 7.98. The number of carbonyl (C=O) groups is 2. The third kappa shape index (κ3) is 3.10. The molecule has 0 heterocycles. The summed E-state index contributed by atoms with van der Waals surface area (Å²) in [5, 5.41) is 11.7. The minimum atomic E-state index is -0.963. The molecule has 0 saturated heterocycles. The van der Waals surface area contributed by atoms with Crippen molar-refractivity contribution in [3.05, 3.63) is 35.4 Å². The van der Waals surface area contributed by atoms with E-state index in [1.54, 1.807) is 11.8 Å². The molecule has 1 amide bonds. The molecule has 2 atom stereocenters. The predicted molar refractivity (Wildman–Crippen MR) is 75.5 cm³/mol. The van der Waals surface area contributed by atoms with Crippen molar-refractivity contribution < 1.29 is 14.7 Å². The Morgan fingerprint density at radius 1 is 1.47 bits per heavy atom. The van der Waals surface area contributed by atoms with Crippen LogP contribution in [0.3, 0.4) is 0 Å². The summed E-state index contributed by atoms with van der Waals surface area (Å²) in [5.74, 6) is -0.604. The second-order valence-corrected chi connectivity index (χ2v) is 5.62. The summed E-state index contributed by atoms with van der Waals surface area (Å²) < 4.78 is 0. The number of carboxylic acid groups (broad SMARTS) is 1. The van der Waals surface area contributed by atoms with Crippen molar-refractivity contribution in [2.75, 3.05) is 12.0 Å². The molecule has 5 heteroatoms. The van der Waals surface area contributed by atoms with Gasteiger partial charge >= 0.3 is 5.97 Å². The molecule has 2 rings (SSSR count). The van der Waals surface area contributed by atoms with Gasteiger partial charge in [-0.25, -0.2) is 4.79 Å². The molecule has 0 aromatic heterocycles. The van der Waals surface area contributed by atoms with Crippen molar-refractivity contribution in [1.29, 1.82) is 0 Å². The fraction of sp³-hybridized carbons (Fsp3) is 0.429. The lowest BCUT2D eigenvalue weighted by atomic mass is 9.77. The van der Waals surface area contributed by atoms with Gasteiger partial charge in [0.05, 0.1) is 5.92 Å². The van der Waals surface area contributed by atoms with Crippen LogP contribution < -0.4 is 5.32 Å². The highest BCUT2D eigenvalue weighted by Gasteiger charge is 2.33. The monoisotopic (exact) mass is 279 g/mol. The Labute approximate surface area is 116 Å². The van der Waals surface area contributed by atoms with Gasteiger partial charge in [-0.3, -0.25) is 4.79 Å². The highest BCUT2D eigenvalue weighted by atomic mass is 32.2. The number of carboxylic acids is 1. The minimum Gasteiger partial charge on any atom is -0.480 e. The summed E-state index contributed by atoms with van der Waals surface area (Å²) in [4.78, 5) is 23.2. The maximum Gasteiger partial charge on any atom is 0.326 e. The van der Waals surface area contributed by atoms with Crippen molar-refractivity contribution in [2.24, 2.45) is 0 Å². The molecule has 102 valence electrons. The lowest BCUT2D eigenvalue weighted by Crippen LogP contribution is -2.45. The van der Waals surface area contributed by atoms with E-state index < -0.39 is 12.0 Å². The second kappa shape index (κ2) is 6.10. The molecule has 4 nitrogen and oxygen atoms in total. The maximum absolute atomic E-state index is 12.1. The van der Waals surface area contributed by atoms with Crippen LogP contribution >= 0.6 is 11.8 Å².